The Kier molecular flexibility index (Phi) is 1.70. The minimum absolute atomic E-state index is 0.333. The summed E-state index contributed by atoms with van der Waals surface area (Å²) < 4.78 is 0. The number of nitrogen functional groups attached to an aromatic ring is 1. The molecular weight excluding hydrogens is 166 g/mol. The molecule has 0 fully saturated rings. The number of nitrogens with one attached hydrogen (secondary N) is 1. The number of carbonyl (C=O) groups is 2. The van der Waals surface area contributed by atoms with Gasteiger partial charge in [0.25, 0.3) is 0 Å². The Bertz CT molecular complexity index is 342. The molecule has 7 nitrogen and oxygen atoms in total. The molecule has 64 valence electrons. The Morgan fingerprint density at radius 3 is 2.25 bits per heavy atom. The SMILES string of the molecule is Nc1n[nH]c(C(=O)O)c1C(=O)O. The summed E-state index contributed by atoms with van der Waals surface area (Å²) in [6.07, 6.45) is 0. The normalized spacial score (nSPS) is 9.67. The van der Waals surface area contributed by atoms with Gasteiger partial charge in [-0.1, -0.05) is 0 Å². The molecule has 0 saturated heterocycles. The van der Waals surface area contributed by atoms with Gasteiger partial charge in [-0.25, -0.2) is 9.59 Å². The van der Waals surface area contributed by atoms with E-state index in [1.54, 1.807) is 0 Å². The van der Waals surface area contributed by atoms with Gasteiger partial charge in [-0.05, 0) is 0 Å². The second-order valence-electron chi connectivity index (χ2n) is 1.97. The number of nitrogens with zero attached hydrogens (tertiary/aromatic N) is 1. The van der Waals surface area contributed by atoms with Crippen LogP contribution in [0.25, 0.3) is 0 Å². The van der Waals surface area contributed by atoms with Gasteiger partial charge >= 0.3 is 11.9 Å². The highest BCUT2D eigenvalue weighted by Gasteiger charge is 2.22. The number of anilines is 1. The van der Waals surface area contributed by atoms with E-state index in [9.17, 15) is 9.59 Å². The highest BCUT2D eigenvalue weighted by Crippen LogP contribution is 2.12. The van der Waals surface area contributed by atoms with Crippen molar-refractivity contribution in [3.8, 4) is 0 Å². The number of aromatic amines is 1. The number of hydrogen-bond acceptors (Lipinski definition) is 4. The Labute approximate surface area is 65.8 Å². The van der Waals surface area contributed by atoms with Crippen LogP contribution in [0.3, 0.4) is 0 Å². The maximum atomic E-state index is 10.4. The van der Waals surface area contributed by atoms with Gasteiger partial charge < -0.3 is 15.9 Å². The van der Waals surface area contributed by atoms with E-state index in [2.05, 4.69) is 5.10 Å². The van der Waals surface area contributed by atoms with Gasteiger partial charge in [0.2, 0.25) is 0 Å². The molecule has 0 aliphatic rings. The first kappa shape index (κ1) is 8.05. The van der Waals surface area contributed by atoms with Gasteiger partial charge in [0.1, 0.15) is 5.56 Å². The van der Waals surface area contributed by atoms with Crippen molar-refractivity contribution in [1.82, 2.24) is 10.2 Å². The molecule has 7 heteroatoms. The fourth-order valence-corrected chi connectivity index (χ4v) is 0.727. The third kappa shape index (κ3) is 1.07. The average molecular weight is 171 g/mol. The summed E-state index contributed by atoms with van der Waals surface area (Å²) in [6.45, 7) is 0. The number of carboxylic acids is 2. The smallest absolute Gasteiger partial charge is 0.354 e. The van der Waals surface area contributed by atoms with Crippen molar-refractivity contribution in [3.63, 3.8) is 0 Å². The number of nitrogens with two attached hydrogens (primary N) is 1. The molecule has 12 heavy (non-hydrogen) atoms. The molecule has 5 N–H and O–H groups in total. The molecule has 0 radical (unpaired) electrons. The van der Waals surface area contributed by atoms with Crippen LogP contribution < -0.4 is 5.73 Å². The molecular formula is C5H5N3O4. The Morgan fingerprint density at radius 1 is 1.33 bits per heavy atom. The maximum absolute atomic E-state index is 10.4. The van der Waals surface area contributed by atoms with Crippen LogP contribution in [0.1, 0.15) is 20.8 Å². The fourth-order valence-electron chi connectivity index (χ4n) is 0.727. The van der Waals surface area contributed by atoms with Crippen LogP contribution >= 0.6 is 0 Å². The zero-order valence-electron chi connectivity index (χ0n) is 5.74. The van der Waals surface area contributed by atoms with Crippen molar-refractivity contribution < 1.29 is 19.8 Å². The lowest BCUT2D eigenvalue weighted by molar-refractivity contribution is 0.0649. The van der Waals surface area contributed by atoms with Crippen LogP contribution in [0.5, 0.6) is 0 Å². The first-order valence-electron chi connectivity index (χ1n) is 2.84. The van der Waals surface area contributed by atoms with Gasteiger partial charge in [0, 0.05) is 0 Å². The summed E-state index contributed by atoms with van der Waals surface area (Å²) in [5, 5.41) is 22.2. The molecule has 0 spiro atoms. The van der Waals surface area contributed by atoms with Gasteiger partial charge in [-0.15, -0.1) is 0 Å². The van der Waals surface area contributed by atoms with E-state index >= 15 is 0 Å². The topological polar surface area (TPSA) is 129 Å². The highest BCUT2D eigenvalue weighted by atomic mass is 16.4. The summed E-state index contributed by atoms with van der Waals surface area (Å²) >= 11 is 0. The first-order valence-corrected chi connectivity index (χ1v) is 2.84. The molecule has 0 unspecified atom stereocenters. The fraction of sp³-hybridized carbons (Fsp3) is 0. The Hall–Kier alpha value is -2.05. The summed E-state index contributed by atoms with van der Waals surface area (Å²) in [5.74, 6) is -3.16. The van der Waals surface area contributed by atoms with Crippen LogP contribution in [0, 0.1) is 0 Å². The number of aromatic carboxylic acids is 2. The second kappa shape index (κ2) is 2.53. The molecule has 0 aromatic carbocycles. The predicted molar refractivity (Wildman–Crippen MR) is 36.9 cm³/mol. The third-order valence-corrected chi connectivity index (χ3v) is 1.22. The minimum atomic E-state index is -1.42. The third-order valence-electron chi connectivity index (χ3n) is 1.22. The van der Waals surface area contributed by atoms with Crippen LogP contribution in [-0.4, -0.2) is 32.3 Å². The Balaban J connectivity index is 3.31. The summed E-state index contributed by atoms with van der Waals surface area (Å²) in [4.78, 5) is 20.8. The summed E-state index contributed by atoms with van der Waals surface area (Å²) in [5.41, 5.74) is 4.07. The van der Waals surface area contributed by atoms with Crippen LogP contribution in [0.2, 0.25) is 0 Å². The van der Waals surface area contributed by atoms with Crippen LogP contribution in [-0.2, 0) is 0 Å². The number of aromatic nitrogens is 2. The monoisotopic (exact) mass is 171 g/mol. The summed E-state index contributed by atoms with van der Waals surface area (Å²) in [7, 11) is 0. The lowest BCUT2D eigenvalue weighted by Crippen LogP contribution is -2.07. The lowest BCUT2D eigenvalue weighted by Gasteiger charge is -1.91. The van der Waals surface area contributed by atoms with Crippen molar-refractivity contribution in [2.24, 2.45) is 0 Å². The highest BCUT2D eigenvalue weighted by molar-refractivity contribution is 6.03. The van der Waals surface area contributed by atoms with E-state index in [0.717, 1.165) is 0 Å². The summed E-state index contributed by atoms with van der Waals surface area (Å²) in [6, 6.07) is 0. The van der Waals surface area contributed by atoms with Crippen molar-refractivity contribution in [1.29, 1.82) is 0 Å². The van der Waals surface area contributed by atoms with E-state index in [4.69, 9.17) is 15.9 Å². The molecule has 1 rings (SSSR count). The molecule has 0 aliphatic heterocycles. The van der Waals surface area contributed by atoms with Gasteiger partial charge in [0.15, 0.2) is 11.5 Å². The van der Waals surface area contributed by atoms with Gasteiger partial charge in [-0.3, -0.25) is 5.10 Å². The predicted octanol–water partition coefficient (Wildman–Crippen LogP) is -0.612. The number of rotatable bonds is 2. The zero-order chi connectivity index (χ0) is 9.30. The van der Waals surface area contributed by atoms with E-state index in [1.165, 1.54) is 0 Å². The molecule has 0 amide bonds. The van der Waals surface area contributed by atoms with E-state index in [1.807, 2.05) is 5.10 Å². The molecule has 0 saturated carbocycles. The quantitative estimate of drug-likeness (QED) is 0.469. The number of H-pyrrole nitrogens is 1. The molecule has 1 heterocycles. The Morgan fingerprint density at radius 2 is 1.92 bits per heavy atom. The number of carboxylic acid groups (broad SMARTS) is 2. The van der Waals surface area contributed by atoms with E-state index < -0.39 is 23.2 Å². The average Bonchev–Trinajstić information content (AvgIpc) is 2.30. The van der Waals surface area contributed by atoms with Crippen molar-refractivity contribution >= 4 is 17.8 Å². The lowest BCUT2D eigenvalue weighted by atomic mass is 10.2. The minimum Gasteiger partial charge on any atom is -0.477 e. The molecule has 0 bridgehead atoms. The molecule has 1 aromatic heterocycles. The van der Waals surface area contributed by atoms with E-state index in [0.29, 0.717) is 0 Å². The van der Waals surface area contributed by atoms with Crippen LogP contribution in [0.15, 0.2) is 0 Å². The standard InChI is InChI=1S/C5H5N3O4/c6-3-1(4(9)10)2(5(11)12)7-8-3/h(H,9,10)(H,11,12)(H3,6,7,8). The van der Waals surface area contributed by atoms with Crippen molar-refractivity contribution in [2.45, 2.75) is 0 Å². The van der Waals surface area contributed by atoms with Gasteiger partial charge in [0.05, 0.1) is 0 Å². The molecule has 0 aliphatic carbocycles. The van der Waals surface area contributed by atoms with Crippen LogP contribution in [0.4, 0.5) is 5.82 Å². The largest absolute Gasteiger partial charge is 0.477 e. The van der Waals surface area contributed by atoms with Crippen molar-refractivity contribution in [2.75, 3.05) is 5.73 Å². The zero-order valence-corrected chi connectivity index (χ0v) is 5.74. The first-order chi connectivity index (χ1) is 5.54. The second-order valence-corrected chi connectivity index (χ2v) is 1.97. The van der Waals surface area contributed by atoms with Crippen molar-refractivity contribution in [3.05, 3.63) is 11.3 Å². The molecule has 1 aromatic rings. The number of hydrogen-bond donors (Lipinski definition) is 4. The van der Waals surface area contributed by atoms with E-state index in [-0.39, 0.29) is 5.82 Å². The maximum Gasteiger partial charge on any atom is 0.354 e. The molecule has 0 atom stereocenters. The van der Waals surface area contributed by atoms with Gasteiger partial charge in [-0.2, -0.15) is 5.10 Å².